The zero-order valence-corrected chi connectivity index (χ0v) is 9.66. The SMILES string of the molecule is N[C@H](Cc1ccccc1)[C@H](O)c1ccccc1. The van der Waals surface area contributed by atoms with Crippen molar-refractivity contribution in [2.75, 3.05) is 0 Å². The highest BCUT2D eigenvalue weighted by Gasteiger charge is 2.16. The maximum absolute atomic E-state index is 10.1. The van der Waals surface area contributed by atoms with Crippen LogP contribution in [-0.4, -0.2) is 11.1 Å². The number of rotatable bonds is 4. The third-order valence-corrected chi connectivity index (χ3v) is 2.86. The van der Waals surface area contributed by atoms with Gasteiger partial charge in [0, 0.05) is 6.04 Å². The van der Waals surface area contributed by atoms with Gasteiger partial charge in [-0.2, -0.15) is 0 Å². The predicted molar refractivity (Wildman–Crippen MR) is 69.5 cm³/mol. The molecule has 0 saturated carbocycles. The molecule has 0 aliphatic rings. The first-order chi connectivity index (χ1) is 8.27. The Balaban J connectivity index is 2.03. The Morgan fingerprint density at radius 2 is 1.41 bits per heavy atom. The van der Waals surface area contributed by atoms with E-state index in [9.17, 15) is 5.11 Å². The lowest BCUT2D eigenvalue weighted by molar-refractivity contribution is 0.146. The number of benzene rings is 2. The van der Waals surface area contributed by atoms with E-state index >= 15 is 0 Å². The second-order valence-electron chi connectivity index (χ2n) is 4.21. The van der Waals surface area contributed by atoms with Crippen LogP contribution < -0.4 is 5.73 Å². The van der Waals surface area contributed by atoms with E-state index in [1.807, 2.05) is 60.7 Å². The maximum atomic E-state index is 10.1. The molecule has 2 heteroatoms. The molecular formula is C15H17NO. The average molecular weight is 227 g/mol. The van der Waals surface area contributed by atoms with Crippen molar-refractivity contribution in [3.05, 3.63) is 71.8 Å². The second kappa shape index (κ2) is 5.62. The van der Waals surface area contributed by atoms with Gasteiger partial charge in [0.25, 0.3) is 0 Å². The van der Waals surface area contributed by atoms with Crippen molar-refractivity contribution in [2.45, 2.75) is 18.6 Å². The zero-order valence-electron chi connectivity index (χ0n) is 9.66. The van der Waals surface area contributed by atoms with Gasteiger partial charge in [-0.3, -0.25) is 0 Å². The molecular weight excluding hydrogens is 210 g/mol. The molecule has 2 aromatic carbocycles. The van der Waals surface area contributed by atoms with Gasteiger partial charge in [0.1, 0.15) is 0 Å². The Morgan fingerprint density at radius 3 is 2.00 bits per heavy atom. The van der Waals surface area contributed by atoms with Crippen LogP contribution in [0, 0.1) is 0 Å². The van der Waals surface area contributed by atoms with Gasteiger partial charge in [0.2, 0.25) is 0 Å². The van der Waals surface area contributed by atoms with Gasteiger partial charge in [0.05, 0.1) is 6.10 Å². The molecule has 2 nitrogen and oxygen atoms in total. The van der Waals surface area contributed by atoms with E-state index in [0.717, 1.165) is 11.1 Å². The number of hydrogen-bond donors (Lipinski definition) is 2. The Kier molecular flexibility index (Phi) is 3.91. The van der Waals surface area contributed by atoms with E-state index in [4.69, 9.17) is 5.73 Å². The molecule has 0 heterocycles. The van der Waals surface area contributed by atoms with E-state index in [2.05, 4.69) is 0 Å². The van der Waals surface area contributed by atoms with Crippen molar-refractivity contribution in [2.24, 2.45) is 5.73 Å². The van der Waals surface area contributed by atoms with E-state index in [1.54, 1.807) is 0 Å². The number of aliphatic hydroxyl groups excluding tert-OH is 1. The lowest BCUT2D eigenvalue weighted by Crippen LogP contribution is -2.30. The molecule has 0 fully saturated rings. The van der Waals surface area contributed by atoms with Crippen LogP contribution in [0.1, 0.15) is 17.2 Å². The van der Waals surface area contributed by atoms with Crippen LogP contribution in [0.25, 0.3) is 0 Å². The summed E-state index contributed by atoms with van der Waals surface area (Å²) in [7, 11) is 0. The Bertz CT molecular complexity index is 441. The molecule has 17 heavy (non-hydrogen) atoms. The summed E-state index contributed by atoms with van der Waals surface area (Å²) in [5.74, 6) is 0. The van der Waals surface area contributed by atoms with Crippen LogP contribution in [0.5, 0.6) is 0 Å². The van der Waals surface area contributed by atoms with Crippen LogP contribution in [0.2, 0.25) is 0 Å². The molecule has 0 amide bonds. The lowest BCUT2D eigenvalue weighted by atomic mass is 9.97. The third-order valence-electron chi connectivity index (χ3n) is 2.86. The number of hydrogen-bond acceptors (Lipinski definition) is 2. The summed E-state index contributed by atoms with van der Waals surface area (Å²) in [5.41, 5.74) is 8.05. The molecule has 2 aromatic rings. The van der Waals surface area contributed by atoms with Gasteiger partial charge in [-0.1, -0.05) is 60.7 Å². The fourth-order valence-electron chi connectivity index (χ4n) is 1.90. The largest absolute Gasteiger partial charge is 0.387 e. The van der Waals surface area contributed by atoms with Gasteiger partial charge >= 0.3 is 0 Å². The monoisotopic (exact) mass is 227 g/mol. The Hall–Kier alpha value is -1.64. The van der Waals surface area contributed by atoms with Crippen LogP contribution in [0.15, 0.2) is 60.7 Å². The molecule has 0 aliphatic carbocycles. The van der Waals surface area contributed by atoms with Crippen LogP contribution >= 0.6 is 0 Å². The fourth-order valence-corrected chi connectivity index (χ4v) is 1.90. The molecule has 0 radical (unpaired) electrons. The van der Waals surface area contributed by atoms with Gasteiger partial charge in [-0.15, -0.1) is 0 Å². The molecule has 3 N–H and O–H groups in total. The first-order valence-corrected chi connectivity index (χ1v) is 5.80. The van der Waals surface area contributed by atoms with E-state index in [-0.39, 0.29) is 6.04 Å². The van der Waals surface area contributed by atoms with E-state index in [1.165, 1.54) is 0 Å². The van der Waals surface area contributed by atoms with Crippen molar-refractivity contribution in [1.29, 1.82) is 0 Å². The highest BCUT2D eigenvalue weighted by molar-refractivity contribution is 5.21. The average Bonchev–Trinajstić information content (AvgIpc) is 2.40. The molecule has 0 saturated heterocycles. The molecule has 2 rings (SSSR count). The van der Waals surface area contributed by atoms with Crippen LogP contribution in [-0.2, 0) is 6.42 Å². The smallest absolute Gasteiger partial charge is 0.0944 e. The fraction of sp³-hybridized carbons (Fsp3) is 0.200. The first-order valence-electron chi connectivity index (χ1n) is 5.80. The highest BCUT2D eigenvalue weighted by Crippen LogP contribution is 2.17. The van der Waals surface area contributed by atoms with E-state index < -0.39 is 6.10 Å². The van der Waals surface area contributed by atoms with Gasteiger partial charge in [-0.05, 0) is 17.5 Å². The standard InChI is InChI=1S/C15H17NO/c16-14(11-12-7-3-1-4-8-12)15(17)13-9-5-2-6-10-13/h1-10,14-15,17H,11,16H2/t14-,15-/m1/s1. The summed E-state index contributed by atoms with van der Waals surface area (Å²) in [6.07, 6.45) is 0.0630. The van der Waals surface area contributed by atoms with Crippen molar-refractivity contribution in [1.82, 2.24) is 0 Å². The van der Waals surface area contributed by atoms with Crippen molar-refractivity contribution in [3.8, 4) is 0 Å². The molecule has 0 spiro atoms. The van der Waals surface area contributed by atoms with Crippen molar-refractivity contribution in [3.63, 3.8) is 0 Å². The summed E-state index contributed by atoms with van der Waals surface area (Å²) in [4.78, 5) is 0. The molecule has 2 atom stereocenters. The van der Waals surface area contributed by atoms with Gasteiger partial charge < -0.3 is 10.8 Å². The van der Waals surface area contributed by atoms with Crippen molar-refractivity contribution < 1.29 is 5.11 Å². The summed E-state index contributed by atoms with van der Waals surface area (Å²) < 4.78 is 0. The predicted octanol–water partition coefficient (Wildman–Crippen LogP) is 2.29. The van der Waals surface area contributed by atoms with Gasteiger partial charge in [-0.25, -0.2) is 0 Å². The quantitative estimate of drug-likeness (QED) is 0.841. The first kappa shape index (κ1) is 11.8. The number of aliphatic hydroxyl groups is 1. The molecule has 0 aliphatic heterocycles. The Labute approximate surface area is 102 Å². The summed E-state index contributed by atoms with van der Waals surface area (Å²) in [5, 5.41) is 10.1. The zero-order chi connectivity index (χ0) is 12.1. The minimum absolute atomic E-state index is 0.278. The summed E-state index contributed by atoms with van der Waals surface area (Å²) >= 11 is 0. The van der Waals surface area contributed by atoms with Crippen molar-refractivity contribution >= 4 is 0 Å². The van der Waals surface area contributed by atoms with Crippen LogP contribution in [0.3, 0.4) is 0 Å². The summed E-state index contributed by atoms with van der Waals surface area (Å²) in [6, 6.07) is 19.3. The van der Waals surface area contributed by atoms with Gasteiger partial charge in [0.15, 0.2) is 0 Å². The molecule has 0 bridgehead atoms. The number of nitrogens with two attached hydrogens (primary N) is 1. The minimum Gasteiger partial charge on any atom is -0.387 e. The van der Waals surface area contributed by atoms with Crippen LogP contribution in [0.4, 0.5) is 0 Å². The molecule has 0 aromatic heterocycles. The minimum atomic E-state index is -0.614. The second-order valence-corrected chi connectivity index (χ2v) is 4.21. The van der Waals surface area contributed by atoms with E-state index in [0.29, 0.717) is 6.42 Å². The molecule has 88 valence electrons. The third kappa shape index (κ3) is 3.16. The highest BCUT2D eigenvalue weighted by atomic mass is 16.3. The topological polar surface area (TPSA) is 46.2 Å². The summed E-state index contributed by atoms with van der Waals surface area (Å²) in [6.45, 7) is 0. The Morgan fingerprint density at radius 1 is 0.882 bits per heavy atom. The lowest BCUT2D eigenvalue weighted by Gasteiger charge is -2.19. The normalized spacial score (nSPS) is 14.2. The molecule has 0 unspecified atom stereocenters. The maximum Gasteiger partial charge on any atom is 0.0944 e.